The van der Waals surface area contributed by atoms with Crippen molar-refractivity contribution in [1.29, 1.82) is 0 Å². The average molecular weight is 216 g/mol. The molecule has 0 aromatic carbocycles. The van der Waals surface area contributed by atoms with Crippen molar-refractivity contribution in [3.05, 3.63) is 40.9 Å². The number of nitrogens with zero attached hydrogens (tertiary/aromatic N) is 2. The maximum absolute atomic E-state index is 11.2. The molecule has 1 saturated heterocycles. The lowest BCUT2D eigenvalue weighted by atomic mass is 9.84. The first kappa shape index (κ1) is 8.70. The molecule has 0 saturated carbocycles. The van der Waals surface area contributed by atoms with Gasteiger partial charge in [0.05, 0.1) is 5.60 Å². The van der Waals surface area contributed by atoms with Crippen LogP contribution in [0, 0.1) is 5.21 Å². The standard InChI is InChI=1S/C12H12N2O2/c1-11(2)12(16-11)9-3-4-10(12)8-6-14(15)13-5-7(8)9/h3-6,9-10H,1-2H3/t9-,10+,12+/m0/s1. The van der Waals surface area contributed by atoms with Gasteiger partial charge in [0.25, 0.3) is 0 Å². The molecule has 0 N–H and O–H groups in total. The van der Waals surface area contributed by atoms with Crippen molar-refractivity contribution in [3.8, 4) is 0 Å². The molecule has 3 aliphatic rings. The van der Waals surface area contributed by atoms with Gasteiger partial charge in [0.1, 0.15) is 11.8 Å². The molecule has 0 radical (unpaired) electrons. The molecule has 82 valence electrons. The zero-order valence-electron chi connectivity index (χ0n) is 9.18. The highest BCUT2D eigenvalue weighted by atomic mass is 16.6. The zero-order chi connectivity index (χ0) is 11.1. The fraction of sp³-hybridized carbons (Fsp3) is 0.500. The Hall–Kier alpha value is -1.42. The Kier molecular flexibility index (Phi) is 1.17. The lowest BCUT2D eigenvalue weighted by Gasteiger charge is -2.12. The van der Waals surface area contributed by atoms with Crippen molar-refractivity contribution in [3.63, 3.8) is 0 Å². The van der Waals surface area contributed by atoms with Gasteiger partial charge in [0.2, 0.25) is 6.20 Å². The van der Waals surface area contributed by atoms with Crippen molar-refractivity contribution in [2.24, 2.45) is 0 Å². The number of rotatable bonds is 0. The highest BCUT2D eigenvalue weighted by Crippen LogP contribution is 2.71. The largest absolute Gasteiger partial charge is 0.594 e. The van der Waals surface area contributed by atoms with Crippen LogP contribution in [-0.4, -0.2) is 16.3 Å². The SMILES string of the molecule is CC1(C)O[C@]12[C@@H]1C=C[C@H]2c2cn[n+]([O-])cc21. The molecule has 4 nitrogen and oxygen atoms in total. The summed E-state index contributed by atoms with van der Waals surface area (Å²) in [5, 5.41) is 15.0. The van der Waals surface area contributed by atoms with Gasteiger partial charge in [-0.2, -0.15) is 0 Å². The summed E-state index contributed by atoms with van der Waals surface area (Å²) in [5.41, 5.74) is 2.01. The van der Waals surface area contributed by atoms with Crippen LogP contribution >= 0.6 is 0 Å². The molecular weight excluding hydrogens is 204 g/mol. The molecule has 1 aromatic rings. The Morgan fingerprint density at radius 2 is 1.94 bits per heavy atom. The molecule has 1 aliphatic heterocycles. The summed E-state index contributed by atoms with van der Waals surface area (Å²) in [4.78, 5) is 0.635. The van der Waals surface area contributed by atoms with E-state index in [9.17, 15) is 5.21 Å². The first-order valence-corrected chi connectivity index (χ1v) is 5.54. The first-order valence-electron chi connectivity index (χ1n) is 5.54. The fourth-order valence-corrected chi connectivity index (χ4v) is 3.58. The third-order valence-electron chi connectivity index (χ3n) is 4.31. The highest BCUT2D eigenvalue weighted by Gasteiger charge is 2.76. The summed E-state index contributed by atoms with van der Waals surface area (Å²) in [6.45, 7) is 4.23. The van der Waals surface area contributed by atoms with Crippen molar-refractivity contribution >= 4 is 0 Å². The molecule has 2 aliphatic carbocycles. The van der Waals surface area contributed by atoms with E-state index in [1.807, 2.05) is 0 Å². The van der Waals surface area contributed by atoms with Crippen LogP contribution in [0.1, 0.15) is 36.8 Å². The summed E-state index contributed by atoms with van der Waals surface area (Å²) in [6.07, 6.45) is 7.64. The van der Waals surface area contributed by atoms with Gasteiger partial charge >= 0.3 is 0 Å². The van der Waals surface area contributed by atoms with Gasteiger partial charge in [-0.1, -0.05) is 17.0 Å². The van der Waals surface area contributed by atoms with Crippen LogP contribution in [0.4, 0.5) is 0 Å². The summed E-state index contributed by atoms with van der Waals surface area (Å²) in [6, 6.07) is 0. The molecule has 4 heteroatoms. The van der Waals surface area contributed by atoms with E-state index in [4.69, 9.17) is 4.74 Å². The minimum Gasteiger partial charge on any atom is -0.594 e. The van der Waals surface area contributed by atoms with Gasteiger partial charge in [0.15, 0.2) is 0 Å². The molecule has 16 heavy (non-hydrogen) atoms. The van der Waals surface area contributed by atoms with Gasteiger partial charge in [-0.3, -0.25) is 0 Å². The van der Waals surface area contributed by atoms with E-state index >= 15 is 0 Å². The number of hydrogen-bond acceptors (Lipinski definition) is 3. The second-order valence-corrected chi connectivity index (χ2v) is 5.33. The second-order valence-electron chi connectivity index (χ2n) is 5.33. The van der Waals surface area contributed by atoms with E-state index in [2.05, 4.69) is 31.1 Å². The molecule has 1 spiro atoms. The van der Waals surface area contributed by atoms with Crippen molar-refractivity contribution in [1.82, 2.24) is 5.10 Å². The predicted molar refractivity (Wildman–Crippen MR) is 55.7 cm³/mol. The molecule has 1 fully saturated rings. The smallest absolute Gasteiger partial charge is 0.214 e. The number of aromatic nitrogens is 2. The van der Waals surface area contributed by atoms with Crippen molar-refractivity contribution < 1.29 is 9.58 Å². The summed E-state index contributed by atoms with van der Waals surface area (Å²) in [7, 11) is 0. The Balaban J connectivity index is 1.94. The van der Waals surface area contributed by atoms with Gasteiger partial charge in [-0.05, 0) is 19.4 Å². The average Bonchev–Trinajstić information content (AvgIpc) is 2.53. The third-order valence-corrected chi connectivity index (χ3v) is 4.31. The van der Waals surface area contributed by atoms with Gasteiger partial charge < -0.3 is 9.94 Å². The third kappa shape index (κ3) is 0.686. The van der Waals surface area contributed by atoms with Crippen LogP contribution < -0.4 is 4.85 Å². The highest BCUT2D eigenvalue weighted by molar-refractivity contribution is 5.56. The summed E-state index contributed by atoms with van der Waals surface area (Å²) in [5.74, 6) is 0.502. The van der Waals surface area contributed by atoms with E-state index in [1.54, 1.807) is 12.4 Å². The monoisotopic (exact) mass is 216 g/mol. The van der Waals surface area contributed by atoms with Crippen molar-refractivity contribution in [2.75, 3.05) is 0 Å². The van der Waals surface area contributed by atoms with Gasteiger partial charge in [-0.25, -0.2) is 0 Å². The molecule has 3 atom stereocenters. The molecule has 2 heterocycles. The van der Waals surface area contributed by atoms with E-state index in [0.29, 0.717) is 4.85 Å². The summed E-state index contributed by atoms with van der Waals surface area (Å²) >= 11 is 0. The lowest BCUT2D eigenvalue weighted by molar-refractivity contribution is -0.669. The van der Waals surface area contributed by atoms with Crippen LogP contribution in [0.5, 0.6) is 0 Å². The quantitative estimate of drug-likeness (QED) is 0.281. The number of ether oxygens (including phenoxy) is 1. The van der Waals surface area contributed by atoms with Crippen LogP contribution in [0.25, 0.3) is 0 Å². The zero-order valence-corrected chi connectivity index (χ0v) is 9.18. The molecule has 4 rings (SSSR count). The predicted octanol–water partition coefficient (Wildman–Crippen LogP) is 1.01. The molecular formula is C12H12N2O2. The van der Waals surface area contributed by atoms with Gasteiger partial charge in [0, 0.05) is 22.5 Å². The Morgan fingerprint density at radius 1 is 1.31 bits per heavy atom. The topological polar surface area (TPSA) is 52.4 Å². The van der Waals surface area contributed by atoms with E-state index in [0.717, 1.165) is 11.1 Å². The van der Waals surface area contributed by atoms with Crippen LogP contribution in [0.2, 0.25) is 0 Å². The van der Waals surface area contributed by atoms with Gasteiger partial charge in [-0.15, -0.1) is 0 Å². The first-order chi connectivity index (χ1) is 7.56. The molecule has 0 unspecified atom stereocenters. The van der Waals surface area contributed by atoms with E-state index < -0.39 is 0 Å². The number of hydrogen-bond donors (Lipinski definition) is 0. The van der Waals surface area contributed by atoms with E-state index in [-0.39, 0.29) is 23.0 Å². The Bertz CT molecular complexity index is 538. The van der Waals surface area contributed by atoms with Crippen LogP contribution in [0.15, 0.2) is 24.5 Å². The Morgan fingerprint density at radius 3 is 2.56 bits per heavy atom. The second kappa shape index (κ2) is 2.15. The lowest BCUT2D eigenvalue weighted by Crippen LogP contribution is -2.31. The number of fused-ring (bicyclic) bond motifs is 3. The maximum Gasteiger partial charge on any atom is 0.214 e. The van der Waals surface area contributed by atoms with Crippen LogP contribution in [0.3, 0.4) is 0 Å². The molecule has 1 aromatic heterocycles. The normalized spacial score (nSPS) is 40.4. The Labute approximate surface area is 93.1 Å². The number of epoxide rings is 1. The van der Waals surface area contributed by atoms with E-state index in [1.165, 1.54) is 0 Å². The van der Waals surface area contributed by atoms with Crippen LogP contribution in [-0.2, 0) is 4.74 Å². The summed E-state index contributed by atoms with van der Waals surface area (Å²) < 4.78 is 5.96. The molecule has 2 bridgehead atoms. The maximum atomic E-state index is 11.2. The minimum atomic E-state index is -0.134. The minimum absolute atomic E-state index is 0.0986. The fourth-order valence-electron chi connectivity index (χ4n) is 3.58. The molecule has 0 amide bonds. The van der Waals surface area contributed by atoms with Crippen molar-refractivity contribution in [2.45, 2.75) is 36.9 Å².